The summed E-state index contributed by atoms with van der Waals surface area (Å²) in [6.07, 6.45) is 80.3. The molecule has 0 spiro atoms. The van der Waals surface area contributed by atoms with Crippen LogP contribution >= 0.6 is 15.6 Å². The molecule has 0 aromatic heterocycles. The van der Waals surface area contributed by atoms with Crippen molar-refractivity contribution in [2.45, 2.75) is 277 Å². The van der Waals surface area contributed by atoms with Crippen molar-refractivity contribution in [3.8, 4) is 0 Å². The van der Waals surface area contributed by atoms with Crippen LogP contribution in [0.25, 0.3) is 0 Å². The molecular weight excluding hydrogens is 1280 g/mol. The van der Waals surface area contributed by atoms with Crippen molar-refractivity contribution in [2.24, 2.45) is 0 Å². The molecule has 556 valence electrons. The molecule has 0 aliphatic heterocycles. The van der Waals surface area contributed by atoms with Gasteiger partial charge in [0.15, 0.2) is 12.2 Å². The van der Waals surface area contributed by atoms with Gasteiger partial charge in [-0.2, -0.15) is 0 Å². The highest BCUT2D eigenvalue weighted by molar-refractivity contribution is 7.47. The Hall–Kier alpha value is -5.32. The van der Waals surface area contributed by atoms with E-state index in [1.54, 1.807) is 18.2 Å². The standard InChI is InChI=1S/C79H128O17P2/c1-5-9-13-17-21-25-29-32-35-36-39-41-45-48-52-56-60-64-77(82)90-70-75(96-79(84)66-62-58-54-50-46-42-38-34-31-27-23-19-15-11-7-3)72-94-98(87,88)92-68-73(80)67-91-97(85,86)93-71-74(95-78(83)65-61-57-53-49-43-28-24-20-16-12-8-4)69-89-76(81)63-59-55-51-47-44-40-37-33-30-26-22-18-14-10-6-2/h9-11,13-15,21-23,25-27,32-35,37-38,44,46-47,50,55,58-59,62,73-75,80H,5-8,12,16-20,24,28-31,36,39-43,45,48-49,51-54,56-57,60-61,63-72H2,1-4H3,(H,85,86)(H,87,88)/b13-9-,14-10-,15-11-,25-21-,26-22-,27-23-,35-32-,37-33-,38-34-,47-44-,50-46-,59-55-,62-58-. The van der Waals surface area contributed by atoms with E-state index in [4.69, 9.17) is 37.0 Å². The summed E-state index contributed by atoms with van der Waals surface area (Å²) < 4.78 is 68.1. The molecule has 0 aromatic carbocycles. The van der Waals surface area contributed by atoms with Crippen molar-refractivity contribution in [2.75, 3.05) is 39.6 Å². The summed E-state index contributed by atoms with van der Waals surface area (Å²) >= 11 is 0. The van der Waals surface area contributed by atoms with E-state index in [1.807, 2.05) is 30.4 Å². The van der Waals surface area contributed by atoms with Gasteiger partial charge in [-0.15, -0.1) is 0 Å². The summed E-state index contributed by atoms with van der Waals surface area (Å²) in [5.41, 5.74) is 0. The first-order valence-electron chi connectivity index (χ1n) is 36.7. The Morgan fingerprint density at radius 2 is 0.582 bits per heavy atom. The van der Waals surface area contributed by atoms with Crippen molar-refractivity contribution < 1.29 is 80.2 Å². The largest absolute Gasteiger partial charge is 0.472 e. The lowest BCUT2D eigenvalue weighted by Gasteiger charge is -2.21. The fourth-order valence-electron chi connectivity index (χ4n) is 9.09. The van der Waals surface area contributed by atoms with Crippen molar-refractivity contribution in [1.82, 2.24) is 0 Å². The minimum atomic E-state index is -5.01. The smallest absolute Gasteiger partial charge is 0.462 e. The van der Waals surface area contributed by atoms with Gasteiger partial charge in [0, 0.05) is 12.8 Å². The van der Waals surface area contributed by atoms with Crippen LogP contribution < -0.4 is 0 Å². The number of unbranched alkanes of at least 4 members (excludes halogenated alkanes) is 17. The SMILES string of the molecule is CC/C=C\C/C=C\C/C=C\C/C=C\C/C=C\CC(=O)OCC(COP(=O)(O)OCC(O)COP(=O)(O)OCC(COC(=O)CCCCCCCCC/C=C\C/C=C\C/C=C\CC)OC(=O)C/C=C\C/C=C\C/C=C\C/C=C\C/C=C\CC)OC(=O)CCCCCCCCCCCCC. The Bertz CT molecular complexity index is 2480. The van der Waals surface area contributed by atoms with E-state index in [2.05, 4.69) is 137 Å². The Morgan fingerprint density at radius 3 is 0.949 bits per heavy atom. The molecule has 0 saturated heterocycles. The summed E-state index contributed by atoms with van der Waals surface area (Å²) in [5, 5.41) is 10.6. The van der Waals surface area contributed by atoms with Gasteiger partial charge in [0.05, 0.1) is 39.3 Å². The number of allylic oxidation sites excluding steroid dienone is 24. The number of phosphoric ester groups is 2. The lowest BCUT2D eigenvalue weighted by atomic mass is 10.1. The van der Waals surface area contributed by atoms with E-state index in [0.717, 1.165) is 141 Å². The van der Waals surface area contributed by atoms with Gasteiger partial charge in [0.25, 0.3) is 0 Å². The molecule has 0 bridgehead atoms. The molecule has 0 radical (unpaired) electrons. The van der Waals surface area contributed by atoms with Crippen molar-refractivity contribution in [1.29, 1.82) is 0 Å². The zero-order valence-corrected chi connectivity index (χ0v) is 62.2. The predicted molar refractivity (Wildman–Crippen MR) is 399 cm³/mol. The number of ether oxygens (including phenoxy) is 4. The monoisotopic (exact) mass is 1410 g/mol. The second kappa shape index (κ2) is 70.1. The molecule has 0 aromatic rings. The van der Waals surface area contributed by atoms with Gasteiger partial charge >= 0.3 is 39.5 Å². The quantitative estimate of drug-likeness (QED) is 0.0169. The third-order valence-electron chi connectivity index (χ3n) is 14.6. The number of hydrogen-bond acceptors (Lipinski definition) is 15. The van der Waals surface area contributed by atoms with Gasteiger partial charge in [0.2, 0.25) is 0 Å². The number of aliphatic hydroxyl groups is 1. The summed E-state index contributed by atoms with van der Waals surface area (Å²) in [6, 6.07) is 0. The summed E-state index contributed by atoms with van der Waals surface area (Å²) in [5.74, 6) is -2.49. The average molecular weight is 1410 g/mol. The third kappa shape index (κ3) is 69.2. The van der Waals surface area contributed by atoms with Gasteiger partial charge in [-0.1, -0.05) is 282 Å². The van der Waals surface area contributed by atoms with Crippen LogP contribution in [0.1, 0.15) is 259 Å². The zero-order valence-electron chi connectivity index (χ0n) is 60.4. The zero-order chi connectivity index (χ0) is 71.8. The Morgan fingerprint density at radius 1 is 0.306 bits per heavy atom. The minimum absolute atomic E-state index is 0.0706. The van der Waals surface area contributed by atoms with Gasteiger partial charge in [-0.3, -0.25) is 37.3 Å². The number of rotatable bonds is 67. The Labute approximate surface area is 591 Å². The maximum Gasteiger partial charge on any atom is 0.472 e. The van der Waals surface area contributed by atoms with Crippen LogP contribution in [-0.2, 0) is 65.4 Å². The minimum Gasteiger partial charge on any atom is -0.462 e. The second-order valence-electron chi connectivity index (χ2n) is 23.8. The molecule has 3 N–H and O–H groups in total. The lowest BCUT2D eigenvalue weighted by Crippen LogP contribution is -2.30. The normalized spacial score (nSPS) is 14.9. The van der Waals surface area contributed by atoms with Gasteiger partial charge < -0.3 is 33.8 Å². The Kier molecular flexibility index (Phi) is 66.3. The van der Waals surface area contributed by atoms with Crippen LogP contribution in [0.2, 0.25) is 0 Å². The number of esters is 4. The fraction of sp³-hybridized carbons (Fsp3) is 0.620. The highest BCUT2D eigenvalue weighted by Gasteiger charge is 2.30. The lowest BCUT2D eigenvalue weighted by molar-refractivity contribution is -0.160. The number of phosphoric acid groups is 2. The van der Waals surface area contributed by atoms with Crippen LogP contribution in [0.3, 0.4) is 0 Å². The molecule has 0 fully saturated rings. The maximum atomic E-state index is 13.1. The molecule has 0 aliphatic rings. The fourth-order valence-corrected chi connectivity index (χ4v) is 10.7. The third-order valence-corrected chi connectivity index (χ3v) is 16.5. The average Bonchev–Trinajstić information content (AvgIpc) is 0.985. The van der Waals surface area contributed by atoms with E-state index < -0.39 is 97.5 Å². The first-order valence-corrected chi connectivity index (χ1v) is 39.7. The summed E-state index contributed by atoms with van der Waals surface area (Å²) in [7, 11) is -10.0. The van der Waals surface area contributed by atoms with E-state index in [-0.39, 0.29) is 25.7 Å². The van der Waals surface area contributed by atoms with Crippen LogP contribution in [0.15, 0.2) is 158 Å². The first-order chi connectivity index (χ1) is 47.7. The molecule has 0 aliphatic carbocycles. The van der Waals surface area contributed by atoms with Crippen LogP contribution in [0.5, 0.6) is 0 Å². The van der Waals surface area contributed by atoms with E-state index in [9.17, 15) is 43.2 Å². The number of aliphatic hydroxyl groups excluding tert-OH is 1. The predicted octanol–water partition coefficient (Wildman–Crippen LogP) is 20.9. The number of carbonyl (C=O) groups excluding carboxylic acids is 4. The molecule has 0 heterocycles. The van der Waals surface area contributed by atoms with Crippen molar-refractivity contribution in [3.63, 3.8) is 0 Å². The first kappa shape index (κ1) is 92.7. The molecule has 5 unspecified atom stereocenters. The van der Waals surface area contributed by atoms with Crippen LogP contribution in [0, 0.1) is 0 Å². The molecule has 98 heavy (non-hydrogen) atoms. The summed E-state index contributed by atoms with van der Waals surface area (Å²) in [6.45, 7) is 4.25. The summed E-state index contributed by atoms with van der Waals surface area (Å²) in [4.78, 5) is 72.6. The molecule has 0 saturated carbocycles. The molecule has 0 rings (SSSR count). The second-order valence-corrected chi connectivity index (χ2v) is 26.7. The molecule has 19 heteroatoms. The highest BCUT2D eigenvalue weighted by atomic mass is 31.2. The number of hydrogen-bond donors (Lipinski definition) is 3. The van der Waals surface area contributed by atoms with E-state index >= 15 is 0 Å². The van der Waals surface area contributed by atoms with Gasteiger partial charge in [0.1, 0.15) is 19.3 Å². The van der Waals surface area contributed by atoms with Gasteiger partial charge in [-0.05, 0) is 109 Å². The molecule has 0 amide bonds. The number of carbonyl (C=O) groups is 4. The van der Waals surface area contributed by atoms with Crippen molar-refractivity contribution in [3.05, 3.63) is 158 Å². The van der Waals surface area contributed by atoms with E-state index in [0.29, 0.717) is 25.7 Å². The Balaban J connectivity index is 5.47. The van der Waals surface area contributed by atoms with Crippen molar-refractivity contribution >= 4 is 39.5 Å². The van der Waals surface area contributed by atoms with E-state index in [1.165, 1.54) is 38.5 Å². The van der Waals surface area contributed by atoms with Gasteiger partial charge in [-0.25, -0.2) is 9.13 Å². The topological polar surface area (TPSA) is 237 Å². The van der Waals surface area contributed by atoms with Crippen LogP contribution in [-0.4, -0.2) is 96.7 Å². The molecular formula is C79H128O17P2. The molecule has 5 atom stereocenters. The molecule has 17 nitrogen and oxygen atoms in total. The van der Waals surface area contributed by atoms with Crippen LogP contribution in [0.4, 0.5) is 0 Å². The highest BCUT2D eigenvalue weighted by Crippen LogP contribution is 2.45. The maximum absolute atomic E-state index is 13.1.